The Labute approximate surface area is 169 Å². The van der Waals surface area contributed by atoms with Crippen LogP contribution in [0.4, 0.5) is 0 Å². The number of pyridine rings is 1. The van der Waals surface area contributed by atoms with Crippen molar-refractivity contribution in [3.05, 3.63) is 84.2 Å². The van der Waals surface area contributed by atoms with Crippen LogP contribution >= 0.6 is 0 Å². The van der Waals surface area contributed by atoms with Crippen LogP contribution in [0.2, 0.25) is 0 Å². The summed E-state index contributed by atoms with van der Waals surface area (Å²) in [4.78, 5) is 16.5. The average Bonchev–Trinajstić information content (AvgIpc) is 3.17. The van der Waals surface area contributed by atoms with E-state index in [1.807, 2.05) is 42.5 Å². The SMILES string of the molecule is COC(=O)c1cccc(C(C)n2c(-c3ccccc3)cc3cc(OC)ccc32)n1. The van der Waals surface area contributed by atoms with Gasteiger partial charge in [0.15, 0.2) is 0 Å². The van der Waals surface area contributed by atoms with Crippen LogP contribution < -0.4 is 4.74 Å². The molecule has 0 N–H and O–H groups in total. The molecule has 5 nitrogen and oxygen atoms in total. The van der Waals surface area contributed by atoms with Crippen LogP contribution in [0.5, 0.6) is 5.75 Å². The monoisotopic (exact) mass is 386 g/mol. The summed E-state index contributed by atoms with van der Waals surface area (Å²) in [5.41, 5.74) is 4.35. The molecule has 0 spiro atoms. The van der Waals surface area contributed by atoms with E-state index in [9.17, 15) is 4.79 Å². The third-order valence-corrected chi connectivity index (χ3v) is 5.10. The third kappa shape index (κ3) is 3.47. The second-order valence-corrected chi connectivity index (χ2v) is 6.81. The van der Waals surface area contributed by atoms with Gasteiger partial charge in [-0.2, -0.15) is 0 Å². The molecule has 0 amide bonds. The Kier molecular flexibility index (Phi) is 5.04. The first-order valence-electron chi connectivity index (χ1n) is 9.42. The molecule has 4 rings (SSSR count). The van der Waals surface area contributed by atoms with Crippen molar-refractivity contribution in [2.75, 3.05) is 14.2 Å². The van der Waals surface area contributed by atoms with Gasteiger partial charge in [-0.05, 0) is 48.9 Å². The fraction of sp³-hybridized carbons (Fsp3) is 0.167. The van der Waals surface area contributed by atoms with Gasteiger partial charge in [0.1, 0.15) is 11.4 Å². The Bertz CT molecular complexity index is 1170. The van der Waals surface area contributed by atoms with Crippen LogP contribution in [0, 0.1) is 0 Å². The molecular weight excluding hydrogens is 364 g/mol. The minimum Gasteiger partial charge on any atom is -0.497 e. The van der Waals surface area contributed by atoms with E-state index in [2.05, 4.69) is 40.7 Å². The van der Waals surface area contributed by atoms with Crippen LogP contribution in [0.1, 0.15) is 29.1 Å². The lowest BCUT2D eigenvalue weighted by Crippen LogP contribution is -2.13. The Balaban J connectivity index is 1.91. The second-order valence-electron chi connectivity index (χ2n) is 6.81. The first kappa shape index (κ1) is 18.7. The van der Waals surface area contributed by atoms with Gasteiger partial charge < -0.3 is 14.0 Å². The molecule has 4 aromatic rings. The molecule has 5 heteroatoms. The molecule has 0 fully saturated rings. The van der Waals surface area contributed by atoms with E-state index in [-0.39, 0.29) is 6.04 Å². The number of carbonyl (C=O) groups excluding carboxylic acids is 1. The van der Waals surface area contributed by atoms with Crippen molar-refractivity contribution in [3.63, 3.8) is 0 Å². The molecule has 0 radical (unpaired) electrons. The predicted octanol–water partition coefficient (Wildman–Crippen LogP) is 5.11. The van der Waals surface area contributed by atoms with E-state index in [1.165, 1.54) is 7.11 Å². The lowest BCUT2D eigenvalue weighted by molar-refractivity contribution is 0.0593. The van der Waals surface area contributed by atoms with E-state index >= 15 is 0 Å². The van der Waals surface area contributed by atoms with Gasteiger partial charge in [0.05, 0.1) is 26.0 Å². The zero-order valence-corrected chi connectivity index (χ0v) is 16.6. The summed E-state index contributed by atoms with van der Waals surface area (Å²) < 4.78 is 12.5. The Hall–Kier alpha value is -3.60. The number of nitrogens with zero attached hydrogens (tertiary/aromatic N) is 2. The van der Waals surface area contributed by atoms with Crippen LogP contribution in [0.25, 0.3) is 22.2 Å². The number of hydrogen-bond donors (Lipinski definition) is 0. The molecule has 0 saturated carbocycles. The maximum absolute atomic E-state index is 11.9. The molecule has 1 atom stereocenters. The molecule has 29 heavy (non-hydrogen) atoms. The molecule has 2 heterocycles. The second kappa shape index (κ2) is 7.80. The summed E-state index contributed by atoms with van der Waals surface area (Å²) in [6, 6.07) is 23.8. The summed E-state index contributed by atoms with van der Waals surface area (Å²) >= 11 is 0. The minimum atomic E-state index is -0.440. The molecular formula is C24H22N2O3. The maximum atomic E-state index is 11.9. The molecule has 2 aromatic carbocycles. The third-order valence-electron chi connectivity index (χ3n) is 5.10. The van der Waals surface area contributed by atoms with Gasteiger partial charge in [-0.25, -0.2) is 9.78 Å². The summed E-state index contributed by atoms with van der Waals surface area (Å²) in [5.74, 6) is 0.372. The first-order chi connectivity index (χ1) is 14.1. The van der Waals surface area contributed by atoms with Crippen molar-refractivity contribution >= 4 is 16.9 Å². The highest BCUT2D eigenvalue weighted by Crippen LogP contribution is 2.35. The molecule has 0 aliphatic rings. The number of carbonyl (C=O) groups is 1. The molecule has 1 unspecified atom stereocenters. The Morgan fingerprint density at radius 2 is 1.76 bits per heavy atom. The van der Waals surface area contributed by atoms with Crippen LogP contribution in [-0.4, -0.2) is 29.7 Å². The highest BCUT2D eigenvalue weighted by molar-refractivity contribution is 5.89. The quantitative estimate of drug-likeness (QED) is 0.447. The molecule has 0 saturated heterocycles. The van der Waals surface area contributed by atoms with Crippen molar-refractivity contribution in [2.45, 2.75) is 13.0 Å². The lowest BCUT2D eigenvalue weighted by Gasteiger charge is -2.19. The summed E-state index contributed by atoms with van der Waals surface area (Å²) in [7, 11) is 3.03. The highest BCUT2D eigenvalue weighted by Gasteiger charge is 2.19. The predicted molar refractivity (Wildman–Crippen MR) is 113 cm³/mol. The largest absolute Gasteiger partial charge is 0.497 e. The van der Waals surface area contributed by atoms with E-state index in [0.29, 0.717) is 5.69 Å². The Morgan fingerprint density at radius 1 is 0.966 bits per heavy atom. The highest BCUT2D eigenvalue weighted by atomic mass is 16.5. The maximum Gasteiger partial charge on any atom is 0.356 e. The van der Waals surface area contributed by atoms with E-state index in [1.54, 1.807) is 13.2 Å². The molecule has 0 bridgehead atoms. The van der Waals surface area contributed by atoms with Crippen LogP contribution in [0.15, 0.2) is 72.8 Å². The van der Waals surface area contributed by atoms with Gasteiger partial charge in [0.2, 0.25) is 0 Å². The fourth-order valence-electron chi connectivity index (χ4n) is 3.62. The number of hydrogen-bond acceptors (Lipinski definition) is 4. The van der Waals surface area contributed by atoms with Gasteiger partial charge >= 0.3 is 5.97 Å². The van der Waals surface area contributed by atoms with Gasteiger partial charge in [0, 0.05) is 16.6 Å². The van der Waals surface area contributed by atoms with E-state index in [4.69, 9.17) is 9.47 Å². The van der Waals surface area contributed by atoms with Crippen molar-refractivity contribution in [2.24, 2.45) is 0 Å². The number of ether oxygens (including phenoxy) is 2. The number of aromatic nitrogens is 2. The average molecular weight is 386 g/mol. The number of rotatable bonds is 5. The first-order valence-corrected chi connectivity index (χ1v) is 9.42. The standard InChI is InChI=1S/C24H22N2O3/c1-16(20-10-7-11-21(25-20)24(27)29-3)26-22-13-12-19(28-2)14-18(22)15-23(26)17-8-5-4-6-9-17/h4-16H,1-3H3. The minimum absolute atomic E-state index is 0.0966. The normalized spacial score (nSPS) is 12.0. The number of esters is 1. The number of methoxy groups -OCH3 is 2. The van der Waals surface area contributed by atoms with Gasteiger partial charge in [-0.1, -0.05) is 36.4 Å². The van der Waals surface area contributed by atoms with Crippen molar-refractivity contribution in [1.29, 1.82) is 0 Å². The number of benzene rings is 2. The summed E-state index contributed by atoms with van der Waals surface area (Å²) in [6.45, 7) is 2.08. The molecule has 0 aliphatic heterocycles. The van der Waals surface area contributed by atoms with Crippen molar-refractivity contribution in [1.82, 2.24) is 9.55 Å². The molecule has 2 aromatic heterocycles. The smallest absolute Gasteiger partial charge is 0.356 e. The van der Waals surface area contributed by atoms with Crippen LogP contribution in [-0.2, 0) is 4.74 Å². The molecule has 146 valence electrons. The topological polar surface area (TPSA) is 53.4 Å². The summed E-state index contributed by atoms with van der Waals surface area (Å²) in [6.07, 6.45) is 0. The fourth-order valence-corrected chi connectivity index (χ4v) is 3.62. The van der Waals surface area contributed by atoms with Gasteiger partial charge in [0.25, 0.3) is 0 Å². The van der Waals surface area contributed by atoms with Crippen molar-refractivity contribution in [3.8, 4) is 17.0 Å². The number of fused-ring (bicyclic) bond motifs is 1. The van der Waals surface area contributed by atoms with Crippen molar-refractivity contribution < 1.29 is 14.3 Å². The Morgan fingerprint density at radius 3 is 2.48 bits per heavy atom. The van der Waals surface area contributed by atoms with Gasteiger partial charge in [-0.15, -0.1) is 0 Å². The zero-order chi connectivity index (χ0) is 20.4. The molecule has 0 aliphatic carbocycles. The van der Waals surface area contributed by atoms with E-state index in [0.717, 1.165) is 33.6 Å². The zero-order valence-electron chi connectivity index (χ0n) is 16.6. The van der Waals surface area contributed by atoms with Crippen LogP contribution in [0.3, 0.4) is 0 Å². The van der Waals surface area contributed by atoms with Gasteiger partial charge in [-0.3, -0.25) is 0 Å². The summed E-state index contributed by atoms with van der Waals surface area (Å²) in [5, 5.41) is 1.08. The lowest BCUT2D eigenvalue weighted by atomic mass is 10.1. The van der Waals surface area contributed by atoms with E-state index < -0.39 is 5.97 Å².